The SMILES string of the molecule is COc1ccc2c(c1)CCn1c-2cc(Cl)nc1=O.COc1ccc2c(c1)CCn1c-2cc(OCC2COCCO2)nc1=O.COc1cccc(CCCC(N)=O)c1.COc1cccc(CCN2C(=O)CC(=O)NC2=O)c1. The lowest BCUT2D eigenvalue weighted by Gasteiger charge is -2.24. The highest BCUT2D eigenvalue weighted by Crippen LogP contribution is 2.33. The molecule has 1 atom stereocenters. The number of barbiturate groups is 1. The minimum Gasteiger partial charge on any atom is -0.497 e. The summed E-state index contributed by atoms with van der Waals surface area (Å²) >= 11 is 5.86. The second-order valence-electron chi connectivity index (χ2n) is 17.6. The summed E-state index contributed by atoms with van der Waals surface area (Å²) in [6.45, 7) is 3.43. The average Bonchev–Trinajstić information content (AvgIpc) is 3.43. The molecular weight excluding hydrogens is 1000 g/mol. The summed E-state index contributed by atoms with van der Waals surface area (Å²) in [4.78, 5) is 77.5. The van der Waals surface area contributed by atoms with Crippen LogP contribution in [0.4, 0.5) is 4.79 Å². The summed E-state index contributed by atoms with van der Waals surface area (Å²) in [5.41, 5.74) is 12.6. The van der Waals surface area contributed by atoms with Crippen molar-refractivity contribution in [3.8, 4) is 51.4 Å². The van der Waals surface area contributed by atoms with Crippen LogP contribution in [-0.4, -0.2) is 115 Å². The zero-order valence-electron chi connectivity index (χ0n) is 42.7. The fourth-order valence-electron chi connectivity index (χ4n) is 8.67. The number of primary amides is 1. The Morgan fingerprint density at radius 1 is 0.711 bits per heavy atom. The number of nitrogens with one attached hydrogen (secondary N) is 1. The maximum Gasteiger partial charge on any atom is 0.351 e. The Bertz CT molecular complexity index is 3140. The number of hydrogen-bond acceptors (Lipinski definition) is 15. The Balaban J connectivity index is 0.000000151. The van der Waals surface area contributed by atoms with Gasteiger partial charge in [-0.2, -0.15) is 9.97 Å². The molecule has 0 bridgehead atoms. The summed E-state index contributed by atoms with van der Waals surface area (Å²) in [6, 6.07) is 29.8. The molecule has 2 saturated heterocycles. The molecule has 1 unspecified atom stereocenters. The Hall–Kier alpha value is -8.07. The van der Waals surface area contributed by atoms with Crippen molar-refractivity contribution in [1.82, 2.24) is 29.3 Å². The summed E-state index contributed by atoms with van der Waals surface area (Å²) in [7, 11) is 6.51. The lowest BCUT2D eigenvalue weighted by Crippen LogP contribution is -2.53. The van der Waals surface area contributed by atoms with E-state index in [1.807, 2.05) is 91.0 Å². The largest absolute Gasteiger partial charge is 0.497 e. The summed E-state index contributed by atoms with van der Waals surface area (Å²) in [5, 5.41) is 2.35. The molecule has 2 fully saturated rings. The smallest absolute Gasteiger partial charge is 0.351 e. The first kappa shape index (κ1) is 55.7. The van der Waals surface area contributed by atoms with Crippen LogP contribution in [0.2, 0.25) is 5.15 Å². The number of fused-ring (bicyclic) bond motifs is 6. The Morgan fingerprint density at radius 2 is 1.28 bits per heavy atom. The maximum atomic E-state index is 12.4. The molecule has 21 heteroatoms. The molecule has 20 nitrogen and oxygen atoms in total. The number of nitrogens with two attached hydrogens (primary N) is 1. The van der Waals surface area contributed by atoms with Crippen LogP contribution in [0.25, 0.3) is 22.5 Å². The van der Waals surface area contributed by atoms with Gasteiger partial charge in [-0.05, 0) is 115 Å². The predicted octanol–water partition coefficient (Wildman–Crippen LogP) is 5.61. The molecule has 0 radical (unpaired) electrons. The van der Waals surface area contributed by atoms with Gasteiger partial charge in [0.2, 0.25) is 23.6 Å². The number of methoxy groups -OCH3 is 4. The van der Waals surface area contributed by atoms with Gasteiger partial charge in [-0.15, -0.1) is 0 Å². The fraction of sp³-hybridized carbons (Fsp3) is 0.345. The van der Waals surface area contributed by atoms with Gasteiger partial charge in [0.05, 0.1) is 59.6 Å². The normalized spacial score (nSPS) is 14.9. The monoisotopic (exact) mass is 1060 g/mol. The summed E-state index contributed by atoms with van der Waals surface area (Å²) < 4.78 is 40.6. The van der Waals surface area contributed by atoms with Gasteiger partial charge in [-0.1, -0.05) is 35.9 Å². The van der Waals surface area contributed by atoms with Crippen molar-refractivity contribution in [2.75, 3.05) is 61.4 Å². The molecule has 10 rings (SSSR count). The number of hydrogen-bond donors (Lipinski definition) is 2. The van der Waals surface area contributed by atoms with Crippen molar-refractivity contribution in [3.05, 3.63) is 145 Å². The number of carbonyl (C=O) groups is 4. The van der Waals surface area contributed by atoms with Crippen LogP contribution in [0.5, 0.6) is 28.9 Å². The minimum atomic E-state index is -0.649. The average molecular weight is 1060 g/mol. The summed E-state index contributed by atoms with van der Waals surface area (Å²) in [5.74, 6) is 2.27. The number of halogens is 1. The molecule has 4 aliphatic heterocycles. The highest BCUT2D eigenvalue weighted by atomic mass is 35.5. The van der Waals surface area contributed by atoms with E-state index in [0.29, 0.717) is 58.2 Å². The standard InChI is InChI=1S/C18H20N2O5.C13H11ClN2O2.C13H14N2O4.C11H15NO2/c1-22-13-2-3-15-12(8-13)4-5-20-16(15)9-17(19-18(20)21)25-11-14-10-23-6-7-24-14;1-18-9-2-3-10-8(6-9)4-5-16-11(10)7-12(14)15-13(16)17;1-19-10-4-2-3-9(7-10)5-6-15-12(17)8-11(16)14-13(15)18;1-14-10-6-2-4-9(8-10)5-3-7-11(12)13/h2-3,8-9,14H,4-7,10-11H2,1H3;2-3,6-7H,4-5H2,1H3;2-4,7H,5-6,8H2,1H3,(H,14,16,18);2,4,6,8H,3,5,7H2,1H3,(H2,12,13). The fourth-order valence-corrected chi connectivity index (χ4v) is 8.84. The number of rotatable bonds is 14. The van der Waals surface area contributed by atoms with Crippen molar-refractivity contribution in [1.29, 1.82) is 0 Å². The predicted molar refractivity (Wildman–Crippen MR) is 281 cm³/mol. The zero-order valence-corrected chi connectivity index (χ0v) is 43.5. The first-order valence-electron chi connectivity index (χ1n) is 24.5. The van der Waals surface area contributed by atoms with Crippen LogP contribution >= 0.6 is 11.6 Å². The first-order valence-corrected chi connectivity index (χ1v) is 24.9. The number of ether oxygens (including phenoxy) is 7. The van der Waals surface area contributed by atoms with Crippen LogP contribution < -0.4 is 46.1 Å². The van der Waals surface area contributed by atoms with Crippen LogP contribution in [0.15, 0.2) is 107 Å². The van der Waals surface area contributed by atoms with Gasteiger partial charge in [0, 0.05) is 49.3 Å². The van der Waals surface area contributed by atoms with Crippen molar-refractivity contribution in [2.24, 2.45) is 5.73 Å². The van der Waals surface area contributed by atoms with Crippen molar-refractivity contribution in [3.63, 3.8) is 0 Å². The third kappa shape index (κ3) is 15.0. The second kappa shape index (κ2) is 26.9. The third-order valence-electron chi connectivity index (χ3n) is 12.5. The van der Waals surface area contributed by atoms with Gasteiger partial charge in [0.1, 0.15) is 47.3 Å². The topological polar surface area (TPSA) is 244 Å². The van der Waals surface area contributed by atoms with Crippen LogP contribution in [-0.2, 0) is 62.6 Å². The van der Waals surface area contributed by atoms with Crippen LogP contribution in [0.1, 0.15) is 41.5 Å². The van der Waals surface area contributed by atoms with Crippen LogP contribution in [0.3, 0.4) is 0 Å². The highest BCUT2D eigenvalue weighted by Gasteiger charge is 2.30. The van der Waals surface area contributed by atoms with E-state index in [0.717, 1.165) is 92.8 Å². The van der Waals surface area contributed by atoms with E-state index in [1.54, 1.807) is 43.6 Å². The molecule has 0 spiro atoms. The molecule has 5 amide bonds. The van der Waals surface area contributed by atoms with Crippen molar-refractivity contribution < 1.29 is 52.3 Å². The maximum absolute atomic E-state index is 12.4. The van der Waals surface area contributed by atoms with E-state index in [-0.39, 0.29) is 41.5 Å². The lowest BCUT2D eigenvalue weighted by molar-refractivity contribution is -0.136. The van der Waals surface area contributed by atoms with E-state index in [2.05, 4.69) is 15.3 Å². The third-order valence-corrected chi connectivity index (χ3v) is 12.7. The Kier molecular flexibility index (Phi) is 19.7. The molecule has 6 aromatic rings. The first-order chi connectivity index (χ1) is 36.7. The number of aryl methyl sites for hydroxylation is 3. The number of aromatic nitrogens is 4. The Labute approximate surface area is 443 Å². The number of carbonyl (C=O) groups excluding carboxylic acids is 4. The van der Waals surface area contributed by atoms with E-state index in [9.17, 15) is 28.8 Å². The molecule has 76 heavy (non-hydrogen) atoms. The molecule has 4 aliphatic rings. The number of imide groups is 2. The molecule has 4 aromatic carbocycles. The van der Waals surface area contributed by atoms with Crippen molar-refractivity contribution in [2.45, 2.75) is 64.1 Å². The molecular formula is C55H60ClN7O13. The molecule has 2 aromatic heterocycles. The molecule has 0 saturated carbocycles. The highest BCUT2D eigenvalue weighted by molar-refractivity contribution is 6.29. The van der Waals surface area contributed by atoms with Gasteiger partial charge in [-0.25, -0.2) is 14.4 Å². The van der Waals surface area contributed by atoms with Gasteiger partial charge in [-0.3, -0.25) is 33.7 Å². The van der Waals surface area contributed by atoms with Crippen molar-refractivity contribution >= 4 is 35.4 Å². The minimum absolute atomic E-state index is 0.133. The quantitative estimate of drug-likeness (QED) is 0.0995. The van der Waals surface area contributed by atoms with Gasteiger partial charge in [0.25, 0.3) is 0 Å². The zero-order chi connectivity index (χ0) is 54.1. The molecule has 6 heterocycles. The van der Waals surface area contributed by atoms with Gasteiger partial charge in [0.15, 0.2) is 0 Å². The molecule has 0 aliphatic carbocycles. The molecule has 400 valence electrons. The van der Waals surface area contributed by atoms with Gasteiger partial charge < -0.3 is 38.9 Å². The second-order valence-corrected chi connectivity index (χ2v) is 18.0. The number of nitrogens with zero attached hydrogens (tertiary/aromatic N) is 5. The van der Waals surface area contributed by atoms with Crippen LogP contribution in [0, 0.1) is 0 Å². The van der Waals surface area contributed by atoms with E-state index in [1.165, 1.54) is 5.56 Å². The number of benzene rings is 4. The summed E-state index contributed by atoms with van der Waals surface area (Å²) in [6.07, 6.45) is 3.77. The van der Waals surface area contributed by atoms with E-state index >= 15 is 0 Å². The van der Waals surface area contributed by atoms with E-state index < -0.39 is 17.8 Å². The van der Waals surface area contributed by atoms with Gasteiger partial charge >= 0.3 is 17.4 Å². The van der Waals surface area contributed by atoms with E-state index in [4.69, 9.17) is 50.5 Å². The number of urea groups is 1. The Morgan fingerprint density at radius 3 is 1.83 bits per heavy atom. The lowest BCUT2D eigenvalue weighted by atomic mass is 9.97. The molecule has 3 N–H and O–H groups in total. The number of amides is 5.